The van der Waals surface area contributed by atoms with Crippen molar-refractivity contribution in [3.63, 3.8) is 0 Å². The molecule has 1 aromatic heterocycles. The van der Waals surface area contributed by atoms with Crippen LogP contribution in [0.25, 0.3) is 0 Å². The summed E-state index contributed by atoms with van der Waals surface area (Å²) >= 11 is 0. The Morgan fingerprint density at radius 2 is 1.81 bits per heavy atom. The topological polar surface area (TPSA) is 69.7 Å². The predicted molar refractivity (Wildman–Crippen MR) is 104 cm³/mol. The molecule has 0 aliphatic carbocycles. The fourth-order valence-corrected chi connectivity index (χ4v) is 3.06. The zero-order chi connectivity index (χ0) is 19.6. The first-order chi connectivity index (χ1) is 12.3. The third-order valence-corrected chi connectivity index (χ3v) is 3.84. The number of ether oxygens (including phenoxy) is 3. The number of carbonyl (C=O) groups excluding carboxylic acids is 1. The minimum absolute atomic E-state index is 0.114. The Hall–Kier alpha value is -1.66. The summed E-state index contributed by atoms with van der Waals surface area (Å²) in [6, 6.07) is 3.52. The molecule has 6 heteroatoms. The van der Waals surface area contributed by atoms with Gasteiger partial charge in [0.25, 0.3) is 5.91 Å². The smallest absolute Gasteiger partial charge is 0.256 e. The van der Waals surface area contributed by atoms with Crippen LogP contribution in [0.3, 0.4) is 0 Å². The van der Waals surface area contributed by atoms with Crippen LogP contribution < -0.4 is 10.1 Å². The van der Waals surface area contributed by atoms with Crippen molar-refractivity contribution < 1.29 is 19.0 Å². The Labute approximate surface area is 157 Å². The maximum Gasteiger partial charge on any atom is 0.256 e. The van der Waals surface area contributed by atoms with Gasteiger partial charge in [-0.2, -0.15) is 0 Å². The average molecular weight is 367 g/mol. The number of rotatable bonds is 12. The number of nitrogens with zero attached hydrogens (tertiary/aromatic N) is 1. The van der Waals surface area contributed by atoms with Gasteiger partial charge in [-0.1, -0.05) is 27.7 Å². The molecule has 0 aromatic carbocycles. The van der Waals surface area contributed by atoms with Gasteiger partial charge in [0.1, 0.15) is 12.2 Å². The lowest BCUT2D eigenvalue weighted by atomic mass is 9.83. The second kappa shape index (κ2) is 11.1. The molecule has 0 aliphatic rings. The number of carbonyl (C=O) groups is 1. The SMILES string of the molecule is CCOC(CC(C)C)(CC(C)C)C(=O)Nc1ccc(OCCOC)nc1. The average Bonchev–Trinajstić information content (AvgIpc) is 2.55. The Morgan fingerprint density at radius 3 is 2.27 bits per heavy atom. The molecule has 0 fully saturated rings. The minimum atomic E-state index is -0.829. The quantitative estimate of drug-likeness (QED) is 0.568. The number of aromatic nitrogens is 1. The Balaban J connectivity index is 2.87. The van der Waals surface area contributed by atoms with Crippen molar-refractivity contribution in [3.05, 3.63) is 18.3 Å². The van der Waals surface area contributed by atoms with E-state index in [0.29, 0.717) is 56.1 Å². The molecule has 1 aromatic rings. The summed E-state index contributed by atoms with van der Waals surface area (Å²) < 4.78 is 16.4. The van der Waals surface area contributed by atoms with Crippen molar-refractivity contribution >= 4 is 11.6 Å². The van der Waals surface area contributed by atoms with E-state index in [4.69, 9.17) is 14.2 Å². The molecule has 0 aliphatic heterocycles. The molecule has 0 saturated carbocycles. The summed E-state index contributed by atoms with van der Waals surface area (Å²) in [4.78, 5) is 17.3. The van der Waals surface area contributed by atoms with Crippen LogP contribution in [-0.4, -0.2) is 43.4 Å². The Bertz CT molecular complexity index is 519. The van der Waals surface area contributed by atoms with Crippen LogP contribution in [0.15, 0.2) is 18.3 Å². The van der Waals surface area contributed by atoms with Gasteiger partial charge in [-0.25, -0.2) is 4.98 Å². The van der Waals surface area contributed by atoms with Crippen molar-refractivity contribution in [3.8, 4) is 5.88 Å². The fourth-order valence-electron chi connectivity index (χ4n) is 3.06. The molecular weight excluding hydrogens is 332 g/mol. The molecule has 1 heterocycles. The van der Waals surface area contributed by atoms with Gasteiger partial charge in [-0.3, -0.25) is 4.79 Å². The number of hydrogen-bond acceptors (Lipinski definition) is 5. The number of amides is 1. The van der Waals surface area contributed by atoms with Crippen molar-refractivity contribution in [2.45, 2.75) is 53.1 Å². The molecule has 0 radical (unpaired) electrons. The van der Waals surface area contributed by atoms with E-state index < -0.39 is 5.60 Å². The van der Waals surface area contributed by atoms with Gasteiger partial charge in [0, 0.05) is 19.8 Å². The lowest BCUT2D eigenvalue weighted by molar-refractivity contribution is -0.146. The highest BCUT2D eigenvalue weighted by atomic mass is 16.5. The highest BCUT2D eigenvalue weighted by molar-refractivity contribution is 5.97. The van der Waals surface area contributed by atoms with Crippen LogP contribution in [0.1, 0.15) is 47.5 Å². The maximum absolute atomic E-state index is 13.1. The molecule has 26 heavy (non-hydrogen) atoms. The lowest BCUT2D eigenvalue weighted by Gasteiger charge is -2.35. The number of nitrogens with one attached hydrogen (secondary N) is 1. The molecule has 1 rings (SSSR count). The van der Waals surface area contributed by atoms with Crippen molar-refractivity contribution in [2.75, 3.05) is 32.2 Å². The third kappa shape index (κ3) is 7.30. The standard InChI is InChI=1S/C20H34N2O4/c1-7-26-20(12-15(2)3,13-16(4)5)19(23)22-17-8-9-18(21-14-17)25-11-10-24-6/h8-9,14-16H,7,10-13H2,1-6H3,(H,22,23). The first-order valence-corrected chi connectivity index (χ1v) is 9.36. The summed E-state index contributed by atoms with van der Waals surface area (Å²) in [7, 11) is 1.62. The molecule has 6 nitrogen and oxygen atoms in total. The highest BCUT2D eigenvalue weighted by Gasteiger charge is 2.40. The normalized spacial score (nSPS) is 11.8. The summed E-state index contributed by atoms with van der Waals surface area (Å²) in [5, 5.41) is 2.97. The van der Waals surface area contributed by atoms with E-state index in [9.17, 15) is 4.79 Å². The zero-order valence-electron chi connectivity index (χ0n) is 17.0. The number of methoxy groups -OCH3 is 1. The van der Waals surface area contributed by atoms with E-state index >= 15 is 0 Å². The summed E-state index contributed by atoms with van der Waals surface area (Å²) in [6.07, 6.45) is 2.95. The summed E-state index contributed by atoms with van der Waals surface area (Å²) in [5.74, 6) is 1.08. The molecule has 0 spiro atoms. The zero-order valence-corrected chi connectivity index (χ0v) is 17.0. The monoisotopic (exact) mass is 366 g/mol. The molecule has 1 amide bonds. The van der Waals surface area contributed by atoms with Crippen LogP contribution >= 0.6 is 0 Å². The first-order valence-electron chi connectivity index (χ1n) is 9.36. The number of hydrogen-bond donors (Lipinski definition) is 1. The van der Waals surface area contributed by atoms with E-state index in [0.717, 1.165) is 0 Å². The van der Waals surface area contributed by atoms with Gasteiger partial charge >= 0.3 is 0 Å². The minimum Gasteiger partial charge on any atom is -0.475 e. The van der Waals surface area contributed by atoms with Crippen molar-refractivity contribution in [1.82, 2.24) is 4.98 Å². The van der Waals surface area contributed by atoms with Gasteiger partial charge < -0.3 is 19.5 Å². The van der Waals surface area contributed by atoms with Crippen LogP contribution in [0.5, 0.6) is 5.88 Å². The molecule has 148 valence electrons. The largest absolute Gasteiger partial charge is 0.475 e. The van der Waals surface area contributed by atoms with E-state index in [2.05, 4.69) is 38.0 Å². The summed E-state index contributed by atoms with van der Waals surface area (Å²) in [5.41, 5.74) is -0.198. The van der Waals surface area contributed by atoms with Gasteiger partial charge in [-0.05, 0) is 37.7 Å². The molecule has 0 unspecified atom stereocenters. The van der Waals surface area contributed by atoms with Gasteiger partial charge in [0.15, 0.2) is 0 Å². The summed E-state index contributed by atoms with van der Waals surface area (Å²) in [6.45, 7) is 11.8. The fraction of sp³-hybridized carbons (Fsp3) is 0.700. The Kier molecular flexibility index (Phi) is 9.59. The van der Waals surface area contributed by atoms with Crippen LogP contribution in [0, 0.1) is 11.8 Å². The second-order valence-electron chi connectivity index (χ2n) is 7.30. The van der Waals surface area contributed by atoms with Gasteiger partial charge in [-0.15, -0.1) is 0 Å². The molecule has 0 atom stereocenters. The highest BCUT2D eigenvalue weighted by Crippen LogP contribution is 2.30. The Morgan fingerprint density at radius 1 is 1.15 bits per heavy atom. The van der Waals surface area contributed by atoms with Gasteiger partial charge in [0.2, 0.25) is 5.88 Å². The molecule has 0 bridgehead atoms. The molecule has 0 saturated heterocycles. The van der Waals surface area contributed by atoms with Crippen LogP contribution in [0.4, 0.5) is 5.69 Å². The lowest BCUT2D eigenvalue weighted by Crippen LogP contribution is -2.47. The van der Waals surface area contributed by atoms with Crippen LogP contribution in [-0.2, 0) is 14.3 Å². The number of anilines is 1. The predicted octanol–water partition coefficient (Wildman–Crippen LogP) is 3.91. The van der Waals surface area contributed by atoms with Crippen molar-refractivity contribution in [2.24, 2.45) is 11.8 Å². The molecular formula is C20H34N2O4. The van der Waals surface area contributed by atoms with E-state index in [1.54, 1.807) is 25.4 Å². The third-order valence-electron chi connectivity index (χ3n) is 3.84. The van der Waals surface area contributed by atoms with Gasteiger partial charge in [0.05, 0.1) is 18.5 Å². The second-order valence-corrected chi connectivity index (χ2v) is 7.30. The van der Waals surface area contributed by atoms with E-state index in [1.165, 1.54) is 0 Å². The maximum atomic E-state index is 13.1. The molecule has 1 N–H and O–H groups in total. The first kappa shape index (κ1) is 22.4. The van der Waals surface area contributed by atoms with Crippen molar-refractivity contribution in [1.29, 1.82) is 0 Å². The van der Waals surface area contributed by atoms with E-state index in [-0.39, 0.29) is 5.91 Å². The van der Waals surface area contributed by atoms with Crippen LogP contribution in [0.2, 0.25) is 0 Å². The number of pyridine rings is 1. The van der Waals surface area contributed by atoms with E-state index in [1.807, 2.05) is 6.92 Å².